The quantitative estimate of drug-likeness (QED) is 0.150. The van der Waals surface area contributed by atoms with Crippen molar-refractivity contribution in [2.45, 2.75) is 0 Å². The molecule has 8 aromatic heterocycles. The molecule has 0 radical (unpaired) electrons. The molecule has 18 aromatic rings. The van der Waals surface area contributed by atoms with E-state index in [4.69, 9.17) is 0 Å². The molecule has 404 valence electrons. The minimum Gasteiger partial charge on any atom is -0.309 e. The highest BCUT2D eigenvalue weighted by atomic mass is 32.1. The average molecular weight is 1140 g/mol. The van der Waals surface area contributed by atoms with Gasteiger partial charge in [-0.15, -0.1) is 20.4 Å². The third kappa shape index (κ3) is 8.14. The molecule has 18 rings (SSSR count). The van der Waals surface area contributed by atoms with Crippen LogP contribution in [-0.2, 0) is 0 Å². The average Bonchev–Trinajstić information content (AvgIpc) is 1.92. The van der Waals surface area contributed by atoms with Crippen LogP contribution in [-0.4, -0.2) is 48.6 Å². The molecular formula is C74H46N10S2. The van der Waals surface area contributed by atoms with Crippen molar-refractivity contribution in [2.75, 3.05) is 0 Å². The summed E-state index contributed by atoms with van der Waals surface area (Å²) in [5, 5.41) is 31.9. The van der Waals surface area contributed by atoms with Crippen LogP contribution in [0.25, 0.3) is 152 Å². The van der Waals surface area contributed by atoms with Crippen LogP contribution in [0.2, 0.25) is 0 Å². The molecule has 10 aromatic carbocycles. The molecule has 8 heterocycles. The number of pyridine rings is 2. The Morgan fingerprint density at radius 1 is 0.221 bits per heavy atom. The van der Waals surface area contributed by atoms with E-state index >= 15 is 0 Å². The second-order valence-corrected chi connectivity index (χ2v) is 23.2. The molecule has 0 bridgehead atoms. The first-order chi connectivity index (χ1) is 42.7. The lowest BCUT2D eigenvalue weighted by Crippen LogP contribution is -1.93. The van der Waals surface area contributed by atoms with Gasteiger partial charge in [0.15, 0.2) is 0 Å². The van der Waals surface area contributed by atoms with Gasteiger partial charge in [-0.3, -0.25) is 9.97 Å². The topological polar surface area (TPSA) is 97.1 Å². The molecule has 0 aliphatic carbocycles. The van der Waals surface area contributed by atoms with Gasteiger partial charge in [0.05, 0.1) is 67.9 Å². The fourth-order valence-corrected chi connectivity index (χ4v) is 14.2. The van der Waals surface area contributed by atoms with E-state index in [2.05, 4.69) is 291 Å². The maximum Gasteiger partial charge on any atom is 0.148 e. The van der Waals surface area contributed by atoms with Gasteiger partial charge < -0.3 is 18.3 Å². The smallest absolute Gasteiger partial charge is 0.148 e. The first-order valence-corrected chi connectivity index (χ1v) is 30.0. The molecule has 0 spiro atoms. The highest BCUT2D eigenvalue weighted by Gasteiger charge is 2.20. The van der Waals surface area contributed by atoms with Gasteiger partial charge in [0.1, 0.15) is 20.0 Å². The number of hydrogen-bond acceptors (Lipinski definition) is 8. The zero-order chi connectivity index (χ0) is 56.7. The van der Waals surface area contributed by atoms with E-state index in [-0.39, 0.29) is 0 Å². The molecule has 0 saturated carbocycles. The van der Waals surface area contributed by atoms with E-state index in [1.165, 1.54) is 65.2 Å². The molecule has 0 amide bonds. The van der Waals surface area contributed by atoms with Crippen molar-refractivity contribution in [2.24, 2.45) is 0 Å². The Hall–Kier alpha value is -11.2. The van der Waals surface area contributed by atoms with Crippen LogP contribution >= 0.6 is 22.7 Å². The lowest BCUT2D eigenvalue weighted by atomic mass is 10.1. The number of hydrogen-bond donors (Lipinski definition) is 0. The largest absolute Gasteiger partial charge is 0.309 e. The van der Waals surface area contributed by atoms with Crippen molar-refractivity contribution in [3.05, 3.63) is 280 Å². The van der Waals surface area contributed by atoms with Crippen molar-refractivity contribution < 1.29 is 0 Å². The van der Waals surface area contributed by atoms with Crippen molar-refractivity contribution in [1.82, 2.24) is 48.6 Å². The number of rotatable bonds is 8. The normalized spacial score (nSPS) is 11.7. The number of benzene rings is 10. The van der Waals surface area contributed by atoms with E-state index < -0.39 is 0 Å². The predicted octanol–water partition coefficient (Wildman–Crippen LogP) is 18.9. The van der Waals surface area contributed by atoms with Crippen LogP contribution in [0.1, 0.15) is 0 Å². The summed E-state index contributed by atoms with van der Waals surface area (Å²) >= 11 is 3.26. The van der Waals surface area contributed by atoms with Crippen LogP contribution in [0.5, 0.6) is 0 Å². The fraction of sp³-hybridized carbons (Fsp3) is 0. The van der Waals surface area contributed by atoms with Gasteiger partial charge >= 0.3 is 0 Å². The van der Waals surface area contributed by atoms with Crippen LogP contribution in [0, 0.1) is 0 Å². The van der Waals surface area contributed by atoms with Gasteiger partial charge in [0.2, 0.25) is 0 Å². The highest BCUT2D eigenvalue weighted by molar-refractivity contribution is 7.18. The summed E-state index contributed by atoms with van der Waals surface area (Å²) < 4.78 is 9.20. The van der Waals surface area contributed by atoms with Crippen LogP contribution in [0.15, 0.2) is 280 Å². The Morgan fingerprint density at radius 2 is 0.477 bits per heavy atom. The molecule has 10 nitrogen and oxygen atoms in total. The molecule has 0 fully saturated rings. The van der Waals surface area contributed by atoms with Gasteiger partial charge in [-0.05, 0) is 146 Å². The van der Waals surface area contributed by atoms with E-state index in [9.17, 15) is 0 Å². The first kappa shape index (κ1) is 49.4. The van der Waals surface area contributed by atoms with Crippen LogP contribution in [0.4, 0.5) is 0 Å². The summed E-state index contributed by atoms with van der Waals surface area (Å²) in [6.45, 7) is 0. The molecule has 0 aliphatic rings. The Kier molecular flexibility index (Phi) is 11.7. The third-order valence-electron chi connectivity index (χ3n) is 16.4. The molecule has 0 aliphatic heterocycles. The Bertz CT molecular complexity index is 4910. The van der Waals surface area contributed by atoms with Crippen LogP contribution in [0.3, 0.4) is 0 Å². The van der Waals surface area contributed by atoms with Crippen molar-refractivity contribution in [3.63, 3.8) is 0 Å². The molecule has 0 unspecified atom stereocenters. The monoisotopic (exact) mass is 1140 g/mol. The molecule has 12 heteroatoms. The van der Waals surface area contributed by atoms with Gasteiger partial charge in [0.25, 0.3) is 0 Å². The van der Waals surface area contributed by atoms with Crippen molar-refractivity contribution in [3.8, 4) is 65.0 Å². The van der Waals surface area contributed by atoms with Gasteiger partial charge in [-0.2, -0.15) is 0 Å². The number of nitrogens with zero attached hydrogens (tertiary/aromatic N) is 10. The fourth-order valence-electron chi connectivity index (χ4n) is 12.6. The maximum absolute atomic E-state index is 4.67. The minimum absolute atomic E-state index is 0.896. The summed E-state index contributed by atoms with van der Waals surface area (Å²) in [5.41, 5.74) is 18.0. The lowest BCUT2D eigenvalue weighted by molar-refractivity contribution is 1.10. The summed E-state index contributed by atoms with van der Waals surface area (Å²) in [4.78, 5) is 8.72. The summed E-state index contributed by atoms with van der Waals surface area (Å²) in [6, 6.07) is 89.8. The molecular weight excluding hydrogens is 1090 g/mol. The Balaban J connectivity index is 0.000000134. The third-order valence-corrected chi connectivity index (χ3v) is 18.4. The van der Waals surface area contributed by atoms with E-state index in [0.29, 0.717) is 0 Å². The zero-order valence-corrected chi connectivity index (χ0v) is 47.5. The second-order valence-electron chi connectivity index (χ2n) is 21.3. The van der Waals surface area contributed by atoms with Crippen molar-refractivity contribution >= 4 is 110 Å². The second kappa shape index (κ2) is 20.3. The lowest BCUT2D eigenvalue weighted by Gasteiger charge is -2.07. The van der Waals surface area contributed by atoms with E-state index in [0.717, 1.165) is 87.1 Å². The minimum atomic E-state index is 0.896. The molecule has 0 atom stereocenters. The number of fused-ring (bicyclic) bond motifs is 12. The molecule has 0 N–H and O–H groups in total. The summed E-state index contributed by atoms with van der Waals surface area (Å²) in [6.07, 6.45) is 7.42. The number of para-hydroxylation sites is 6. The van der Waals surface area contributed by atoms with E-state index in [1.54, 1.807) is 35.1 Å². The van der Waals surface area contributed by atoms with Crippen LogP contribution < -0.4 is 0 Å². The SMILES string of the molecule is c1ccc(-n2c3ccccc3c3cc(-c4nnc(-c5ccc6c(c5)c5ccccc5n6-c5ccccc5)s4)ccc32)cc1.c1cncc(-n2c3ccccc3c3cc(-c4nnc(-c5ccc6c(c5)c5ccccc5n6-c5cccnc5)s4)ccc32)c1. The first-order valence-electron chi connectivity index (χ1n) is 28.4. The van der Waals surface area contributed by atoms with Gasteiger partial charge in [0, 0.05) is 89.1 Å². The van der Waals surface area contributed by atoms with E-state index in [1.807, 2.05) is 24.5 Å². The molecule has 0 saturated heterocycles. The molecule has 86 heavy (non-hydrogen) atoms. The van der Waals surface area contributed by atoms with Gasteiger partial charge in [-0.25, -0.2) is 0 Å². The predicted molar refractivity (Wildman–Crippen MR) is 355 cm³/mol. The van der Waals surface area contributed by atoms with Crippen molar-refractivity contribution in [1.29, 1.82) is 0 Å². The Labute approximate surface area is 500 Å². The maximum atomic E-state index is 4.67. The standard InChI is InChI=1S/C38H24N4S.C36H22N6S/c1-3-11-27(12-4-1)41-33-17-9-7-15-29(33)31-23-25(19-21-35(31)41)37-39-40-38(43-37)26-20-22-36-32(24-26)30-16-8-10-18-34(30)42(36)28-13-5-2-6-14-28;1-3-11-31-27(9-1)29-19-23(13-15-33(29)41(31)25-7-5-17-37-21-25)35-39-40-36(43-35)24-14-16-34-30(20-24)28-10-2-4-12-32(28)42(34)26-8-6-18-38-22-26/h1-24H;1-22H. The van der Waals surface area contributed by atoms with Gasteiger partial charge in [-0.1, -0.05) is 132 Å². The highest BCUT2D eigenvalue weighted by Crippen LogP contribution is 2.42. The summed E-state index contributed by atoms with van der Waals surface area (Å²) in [7, 11) is 0. The number of aromatic nitrogens is 10. The Morgan fingerprint density at radius 3 is 0.767 bits per heavy atom. The zero-order valence-electron chi connectivity index (χ0n) is 45.8. The summed E-state index contributed by atoms with van der Waals surface area (Å²) in [5.74, 6) is 0.